The first-order valence-electron chi connectivity index (χ1n) is 7.94. The van der Waals surface area contributed by atoms with Crippen LogP contribution in [0.5, 0.6) is 0 Å². The molecule has 1 amide bonds. The van der Waals surface area contributed by atoms with E-state index in [-0.39, 0.29) is 6.10 Å². The van der Waals surface area contributed by atoms with E-state index in [0.717, 1.165) is 45.2 Å². The van der Waals surface area contributed by atoms with Gasteiger partial charge in [-0.25, -0.2) is 0 Å². The number of carbonyl (C=O) groups is 1. The van der Waals surface area contributed by atoms with E-state index in [9.17, 15) is 9.90 Å². The number of rotatable bonds is 3. The molecular weight excluding hydrogens is 240 g/mol. The molecule has 0 aromatic heterocycles. The van der Waals surface area contributed by atoms with Crippen LogP contribution in [-0.2, 0) is 4.79 Å². The van der Waals surface area contributed by atoms with Gasteiger partial charge in [-0.15, -0.1) is 0 Å². The molecule has 3 heterocycles. The van der Waals surface area contributed by atoms with Crippen molar-refractivity contribution in [2.24, 2.45) is 5.92 Å². The van der Waals surface area contributed by atoms with Gasteiger partial charge in [-0.1, -0.05) is 0 Å². The Kier molecular flexibility index (Phi) is 4.08. The molecule has 0 aromatic rings. The van der Waals surface area contributed by atoms with Gasteiger partial charge in [0.25, 0.3) is 0 Å². The molecule has 0 saturated carbocycles. The van der Waals surface area contributed by atoms with E-state index < -0.39 is 0 Å². The van der Waals surface area contributed by atoms with Crippen molar-refractivity contribution >= 4 is 5.91 Å². The maximum absolute atomic E-state index is 12.4. The minimum absolute atomic E-state index is 0.177. The normalized spacial score (nSPS) is 38.5. The number of fused-ring (bicyclic) bond motifs is 2. The molecule has 4 nitrogen and oxygen atoms in total. The van der Waals surface area contributed by atoms with Crippen LogP contribution in [0.25, 0.3) is 0 Å². The van der Waals surface area contributed by atoms with Crippen molar-refractivity contribution in [3.05, 3.63) is 0 Å². The zero-order valence-electron chi connectivity index (χ0n) is 11.7. The molecule has 3 fully saturated rings. The maximum atomic E-state index is 12.4. The van der Waals surface area contributed by atoms with Gasteiger partial charge in [-0.2, -0.15) is 0 Å². The minimum atomic E-state index is -0.177. The quantitative estimate of drug-likeness (QED) is 0.809. The summed E-state index contributed by atoms with van der Waals surface area (Å²) in [6.07, 6.45) is 7.87. The number of piperidine rings is 2. The summed E-state index contributed by atoms with van der Waals surface area (Å²) >= 11 is 0. The van der Waals surface area contributed by atoms with Crippen LogP contribution in [0, 0.1) is 5.92 Å². The molecule has 0 aliphatic carbocycles. The molecule has 19 heavy (non-hydrogen) atoms. The highest BCUT2D eigenvalue weighted by Crippen LogP contribution is 2.36. The SMILES string of the molecule is O=C(CCC1CCCNC1)N1C2CCC1CC(O)C2. The zero-order chi connectivity index (χ0) is 13.2. The van der Waals surface area contributed by atoms with Crippen LogP contribution in [0.15, 0.2) is 0 Å². The molecule has 108 valence electrons. The molecule has 4 heteroatoms. The van der Waals surface area contributed by atoms with Crippen molar-refractivity contribution in [3.63, 3.8) is 0 Å². The van der Waals surface area contributed by atoms with E-state index >= 15 is 0 Å². The van der Waals surface area contributed by atoms with Gasteiger partial charge in [0.2, 0.25) is 5.91 Å². The lowest BCUT2D eigenvalue weighted by Crippen LogP contribution is -2.48. The maximum Gasteiger partial charge on any atom is 0.223 e. The topological polar surface area (TPSA) is 52.6 Å². The predicted molar refractivity (Wildman–Crippen MR) is 73.7 cm³/mol. The second-order valence-electron chi connectivity index (χ2n) is 6.56. The van der Waals surface area contributed by atoms with Crippen LogP contribution in [0.4, 0.5) is 0 Å². The van der Waals surface area contributed by atoms with Crippen LogP contribution in [0.3, 0.4) is 0 Å². The first-order valence-corrected chi connectivity index (χ1v) is 7.94. The summed E-state index contributed by atoms with van der Waals surface area (Å²) in [4.78, 5) is 14.5. The average molecular weight is 266 g/mol. The number of amides is 1. The van der Waals surface area contributed by atoms with Crippen LogP contribution in [0.2, 0.25) is 0 Å². The van der Waals surface area contributed by atoms with Gasteiger partial charge in [0.1, 0.15) is 0 Å². The summed E-state index contributed by atoms with van der Waals surface area (Å²) in [5, 5.41) is 13.2. The van der Waals surface area contributed by atoms with Crippen molar-refractivity contribution in [2.75, 3.05) is 13.1 Å². The van der Waals surface area contributed by atoms with E-state index in [1.54, 1.807) is 0 Å². The number of aliphatic hydroxyl groups is 1. The lowest BCUT2D eigenvalue weighted by Gasteiger charge is -2.37. The third-order valence-corrected chi connectivity index (χ3v) is 5.16. The Morgan fingerprint density at radius 1 is 1.21 bits per heavy atom. The molecule has 3 saturated heterocycles. The predicted octanol–water partition coefficient (Wildman–Crippen LogP) is 1.28. The molecule has 3 rings (SSSR count). The number of hydrogen-bond donors (Lipinski definition) is 2. The minimum Gasteiger partial charge on any atom is -0.393 e. The molecule has 2 N–H and O–H groups in total. The summed E-state index contributed by atoms with van der Waals surface area (Å²) in [5.41, 5.74) is 0. The van der Waals surface area contributed by atoms with E-state index in [2.05, 4.69) is 10.2 Å². The molecule has 0 aromatic carbocycles. The fraction of sp³-hybridized carbons (Fsp3) is 0.933. The first-order chi connectivity index (χ1) is 9.24. The number of carbonyl (C=O) groups excluding carboxylic acids is 1. The monoisotopic (exact) mass is 266 g/mol. The van der Waals surface area contributed by atoms with Gasteiger partial charge >= 0.3 is 0 Å². The molecule has 3 atom stereocenters. The van der Waals surface area contributed by atoms with Crippen molar-refractivity contribution in [3.8, 4) is 0 Å². The molecule has 3 aliphatic rings. The Bertz CT molecular complexity index is 314. The number of nitrogens with one attached hydrogen (secondary N) is 1. The molecular formula is C15H26N2O2. The smallest absolute Gasteiger partial charge is 0.223 e. The van der Waals surface area contributed by atoms with Crippen LogP contribution in [-0.4, -0.2) is 47.2 Å². The molecule has 3 aliphatic heterocycles. The highest BCUT2D eigenvalue weighted by atomic mass is 16.3. The number of hydrogen-bond acceptors (Lipinski definition) is 3. The van der Waals surface area contributed by atoms with E-state index in [1.807, 2.05) is 0 Å². The molecule has 0 radical (unpaired) electrons. The fourth-order valence-corrected chi connectivity index (χ4v) is 4.18. The summed E-state index contributed by atoms with van der Waals surface area (Å²) in [6.45, 7) is 2.22. The van der Waals surface area contributed by atoms with Gasteiger partial charge in [-0.05, 0) is 64.0 Å². The Hall–Kier alpha value is -0.610. The zero-order valence-corrected chi connectivity index (χ0v) is 11.7. The average Bonchev–Trinajstić information content (AvgIpc) is 2.70. The van der Waals surface area contributed by atoms with Gasteiger partial charge in [0.15, 0.2) is 0 Å². The lowest BCUT2D eigenvalue weighted by atomic mass is 9.93. The van der Waals surface area contributed by atoms with Gasteiger partial charge in [0.05, 0.1) is 6.10 Å². The first kappa shape index (κ1) is 13.4. The summed E-state index contributed by atoms with van der Waals surface area (Å²) < 4.78 is 0. The lowest BCUT2D eigenvalue weighted by molar-refractivity contribution is -0.137. The van der Waals surface area contributed by atoms with Crippen molar-refractivity contribution in [2.45, 2.75) is 69.6 Å². The summed E-state index contributed by atoms with van der Waals surface area (Å²) in [6, 6.07) is 0.650. The molecule has 0 spiro atoms. The summed E-state index contributed by atoms with van der Waals surface area (Å²) in [7, 11) is 0. The van der Waals surface area contributed by atoms with E-state index in [1.165, 1.54) is 12.8 Å². The Morgan fingerprint density at radius 2 is 1.95 bits per heavy atom. The van der Waals surface area contributed by atoms with Crippen molar-refractivity contribution in [1.82, 2.24) is 10.2 Å². The van der Waals surface area contributed by atoms with Crippen LogP contribution >= 0.6 is 0 Å². The van der Waals surface area contributed by atoms with Crippen molar-refractivity contribution in [1.29, 1.82) is 0 Å². The largest absolute Gasteiger partial charge is 0.393 e. The highest BCUT2D eigenvalue weighted by Gasteiger charge is 2.42. The Labute approximate surface area is 115 Å². The third kappa shape index (κ3) is 2.95. The fourth-order valence-electron chi connectivity index (χ4n) is 4.18. The molecule has 2 bridgehead atoms. The second-order valence-corrected chi connectivity index (χ2v) is 6.56. The standard InChI is InChI=1S/C15H26N2O2/c18-14-8-12-4-5-13(9-14)17(12)15(19)6-3-11-2-1-7-16-10-11/h11-14,16,18H,1-10H2. The number of nitrogens with zero attached hydrogens (tertiary/aromatic N) is 1. The second kappa shape index (κ2) is 5.80. The highest BCUT2D eigenvalue weighted by molar-refractivity contribution is 5.77. The van der Waals surface area contributed by atoms with Gasteiger partial charge in [0, 0.05) is 18.5 Å². The Morgan fingerprint density at radius 3 is 2.58 bits per heavy atom. The van der Waals surface area contributed by atoms with Gasteiger partial charge in [-0.3, -0.25) is 4.79 Å². The van der Waals surface area contributed by atoms with E-state index in [4.69, 9.17) is 0 Å². The third-order valence-electron chi connectivity index (χ3n) is 5.16. The van der Waals surface area contributed by atoms with Crippen LogP contribution < -0.4 is 5.32 Å². The summed E-state index contributed by atoms with van der Waals surface area (Å²) in [5.74, 6) is 1.02. The van der Waals surface area contributed by atoms with E-state index in [0.29, 0.717) is 30.3 Å². The Balaban J connectivity index is 1.50. The van der Waals surface area contributed by atoms with Crippen LogP contribution in [0.1, 0.15) is 51.4 Å². The number of aliphatic hydroxyl groups excluding tert-OH is 1. The molecule has 3 unspecified atom stereocenters. The van der Waals surface area contributed by atoms with Gasteiger partial charge < -0.3 is 15.3 Å². The van der Waals surface area contributed by atoms with Crippen molar-refractivity contribution < 1.29 is 9.90 Å².